The molecule has 0 radical (unpaired) electrons. The van der Waals surface area contributed by atoms with Crippen molar-refractivity contribution in [1.82, 2.24) is 0 Å². The maximum Gasteiger partial charge on any atom is 0.307 e. The predicted octanol–water partition coefficient (Wildman–Crippen LogP) is 4.13. The summed E-state index contributed by atoms with van der Waals surface area (Å²) in [6.45, 7) is 0. The van der Waals surface area contributed by atoms with Gasteiger partial charge in [0, 0.05) is 9.79 Å². The number of carboxylic acid groups (broad SMARTS) is 1. The summed E-state index contributed by atoms with van der Waals surface area (Å²) in [6, 6.07) is 12.9. The van der Waals surface area contributed by atoms with Gasteiger partial charge in [0.1, 0.15) is 5.75 Å². The second kappa shape index (κ2) is 6.68. The molecule has 0 fully saturated rings. The van der Waals surface area contributed by atoms with Gasteiger partial charge in [-0.3, -0.25) is 4.79 Å². The Kier molecular flexibility index (Phi) is 4.93. The molecule has 2 aromatic carbocycles. The van der Waals surface area contributed by atoms with Crippen molar-refractivity contribution in [3.8, 4) is 5.75 Å². The fraction of sp³-hybridized carbons (Fsp3) is 0.133. The molecule has 0 aliphatic carbocycles. The van der Waals surface area contributed by atoms with Gasteiger partial charge in [0.25, 0.3) is 0 Å². The van der Waals surface area contributed by atoms with E-state index in [1.54, 1.807) is 13.2 Å². The van der Waals surface area contributed by atoms with Crippen molar-refractivity contribution < 1.29 is 14.6 Å². The number of benzene rings is 2. The van der Waals surface area contributed by atoms with Gasteiger partial charge in [-0.05, 0) is 35.9 Å². The second-order valence-electron chi connectivity index (χ2n) is 4.11. The van der Waals surface area contributed by atoms with E-state index < -0.39 is 5.97 Å². The molecule has 3 nitrogen and oxygen atoms in total. The summed E-state index contributed by atoms with van der Waals surface area (Å²) in [5.41, 5.74) is 0.780. The lowest BCUT2D eigenvalue weighted by atomic mass is 10.2. The normalized spacial score (nSPS) is 10.3. The highest BCUT2D eigenvalue weighted by Crippen LogP contribution is 2.35. The summed E-state index contributed by atoms with van der Waals surface area (Å²) in [5, 5.41) is 9.35. The molecule has 20 heavy (non-hydrogen) atoms. The molecule has 0 aromatic heterocycles. The van der Waals surface area contributed by atoms with Crippen LogP contribution in [0.2, 0.25) is 5.02 Å². The van der Waals surface area contributed by atoms with Crippen LogP contribution < -0.4 is 4.74 Å². The minimum absolute atomic E-state index is 0.0360. The summed E-state index contributed by atoms with van der Waals surface area (Å²) >= 11 is 7.71. The van der Waals surface area contributed by atoms with E-state index in [1.807, 2.05) is 36.4 Å². The maximum absolute atomic E-state index is 10.6. The molecule has 0 aliphatic rings. The number of aliphatic carboxylic acids is 1. The monoisotopic (exact) mass is 308 g/mol. The number of hydrogen-bond donors (Lipinski definition) is 1. The van der Waals surface area contributed by atoms with E-state index in [0.29, 0.717) is 5.02 Å². The first-order chi connectivity index (χ1) is 9.58. The van der Waals surface area contributed by atoms with Crippen molar-refractivity contribution in [3.63, 3.8) is 0 Å². The molecule has 2 rings (SSSR count). The average molecular weight is 309 g/mol. The van der Waals surface area contributed by atoms with Gasteiger partial charge in [0.05, 0.1) is 18.6 Å². The summed E-state index contributed by atoms with van der Waals surface area (Å²) in [4.78, 5) is 12.6. The van der Waals surface area contributed by atoms with E-state index in [9.17, 15) is 4.79 Å². The summed E-state index contributed by atoms with van der Waals surface area (Å²) in [7, 11) is 1.60. The summed E-state index contributed by atoms with van der Waals surface area (Å²) in [5.74, 6) is -0.111. The lowest BCUT2D eigenvalue weighted by Gasteiger charge is -2.07. The van der Waals surface area contributed by atoms with Crippen LogP contribution in [0.25, 0.3) is 0 Å². The number of halogens is 1. The zero-order chi connectivity index (χ0) is 14.5. The smallest absolute Gasteiger partial charge is 0.307 e. The molecule has 0 saturated carbocycles. The molecule has 0 spiro atoms. The number of carboxylic acids is 1. The Bertz CT molecular complexity index is 611. The molecule has 0 bridgehead atoms. The van der Waals surface area contributed by atoms with Crippen molar-refractivity contribution in [2.24, 2.45) is 0 Å². The van der Waals surface area contributed by atoms with Gasteiger partial charge < -0.3 is 9.84 Å². The Morgan fingerprint density at radius 1 is 1.25 bits per heavy atom. The first kappa shape index (κ1) is 14.8. The predicted molar refractivity (Wildman–Crippen MR) is 79.9 cm³/mol. The zero-order valence-corrected chi connectivity index (χ0v) is 12.4. The quantitative estimate of drug-likeness (QED) is 0.902. The van der Waals surface area contributed by atoms with E-state index >= 15 is 0 Å². The van der Waals surface area contributed by atoms with E-state index in [4.69, 9.17) is 21.4 Å². The molecule has 104 valence electrons. The average Bonchev–Trinajstić information content (AvgIpc) is 2.42. The van der Waals surface area contributed by atoms with Gasteiger partial charge in [-0.1, -0.05) is 35.5 Å². The molecule has 0 heterocycles. The Morgan fingerprint density at radius 3 is 2.50 bits per heavy atom. The van der Waals surface area contributed by atoms with Crippen LogP contribution in [0.5, 0.6) is 5.75 Å². The number of ether oxygens (including phenoxy) is 1. The second-order valence-corrected chi connectivity index (χ2v) is 5.64. The Morgan fingerprint density at radius 2 is 1.95 bits per heavy atom. The number of hydrogen-bond acceptors (Lipinski definition) is 3. The Balaban J connectivity index is 2.12. The van der Waals surface area contributed by atoms with Gasteiger partial charge in [-0.2, -0.15) is 0 Å². The number of carbonyl (C=O) groups is 1. The molecular weight excluding hydrogens is 296 g/mol. The van der Waals surface area contributed by atoms with Crippen LogP contribution in [0.3, 0.4) is 0 Å². The van der Waals surface area contributed by atoms with Gasteiger partial charge in [-0.25, -0.2) is 0 Å². The van der Waals surface area contributed by atoms with Gasteiger partial charge in [-0.15, -0.1) is 0 Å². The molecule has 0 aliphatic heterocycles. The standard InChI is InChI=1S/C15H13ClO3S/c1-19-11-4-7-14(13(16)9-11)20-12-5-2-10(3-6-12)8-15(17)18/h2-7,9H,8H2,1H3,(H,17,18). The molecule has 0 saturated heterocycles. The third-order valence-electron chi connectivity index (χ3n) is 2.65. The zero-order valence-electron chi connectivity index (χ0n) is 10.8. The number of rotatable bonds is 5. The highest BCUT2D eigenvalue weighted by atomic mass is 35.5. The number of methoxy groups -OCH3 is 1. The van der Waals surface area contributed by atoms with E-state index in [2.05, 4.69) is 0 Å². The Hall–Kier alpha value is -1.65. The van der Waals surface area contributed by atoms with Crippen LogP contribution in [0.4, 0.5) is 0 Å². The Labute approximate surface area is 126 Å². The van der Waals surface area contributed by atoms with Crippen molar-refractivity contribution in [1.29, 1.82) is 0 Å². The van der Waals surface area contributed by atoms with Gasteiger partial charge in [0.2, 0.25) is 0 Å². The van der Waals surface area contributed by atoms with E-state index in [1.165, 1.54) is 11.8 Å². The third-order valence-corrected chi connectivity index (χ3v) is 4.15. The molecular formula is C15H13ClO3S. The first-order valence-electron chi connectivity index (χ1n) is 5.90. The third kappa shape index (κ3) is 3.92. The molecule has 2 aromatic rings. The van der Waals surface area contributed by atoms with Gasteiger partial charge >= 0.3 is 5.97 Å². The maximum atomic E-state index is 10.6. The lowest BCUT2D eigenvalue weighted by Crippen LogP contribution is -1.99. The fourth-order valence-corrected chi connectivity index (χ4v) is 2.77. The minimum Gasteiger partial charge on any atom is -0.497 e. The molecule has 0 amide bonds. The van der Waals surface area contributed by atoms with Crippen LogP contribution in [-0.4, -0.2) is 18.2 Å². The largest absolute Gasteiger partial charge is 0.497 e. The highest BCUT2D eigenvalue weighted by molar-refractivity contribution is 7.99. The minimum atomic E-state index is -0.830. The highest BCUT2D eigenvalue weighted by Gasteiger charge is 2.05. The lowest BCUT2D eigenvalue weighted by molar-refractivity contribution is -0.136. The van der Waals surface area contributed by atoms with Gasteiger partial charge in [0.15, 0.2) is 0 Å². The fourth-order valence-electron chi connectivity index (χ4n) is 1.67. The van der Waals surface area contributed by atoms with E-state index in [-0.39, 0.29) is 6.42 Å². The molecule has 0 atom stereocenters. The van der Waals surface area contributed by atoms with Crippen LogP contribution in [-0.2, 0) is 11.2 Å². The van der Waals surface area contributed by atoms with Crippen LogP contribution >= 0.6 is 23.4 Å². The van der Waals surface area contributed by atoms with Crippen LogP contribution in [0.1, 0.15) is 5.56 Å². The SMILES string of the molecule is COc1ccc(Sc2ccc(CC(=O)O)cc2)c(Cl)c1. The summed E-state index contributed by atoms with van der Waals surface area (Å²) < 4.78 is 5.10. The van der Waals surface area contributed by atoms with E-state index in [0.717, 1.165) is 21.1 Å². The van der Waals surface area contributed by atoms with Crippen LogP contribution in [0, 0.1) is 0 Å². The van der Waals surface area contributed by atoms with Crippen molar-refractivity contribution >= 4 is 29.3 Å². The molecule has 1 N–H and O–H groups in total. The topological polar surface area (TPSA) is 46.5 Å². The van der Waals surface area contributed by atoms with Crippen LogP contribution in [0.15, 0.2) is 52.3 Å². The van der Waals surface area contributed by atoms with Crippen molar-refractivity contribution in [2.75, 3.05) is 7.11 Å². The van der Waals surface area contributed by atoms with Crippen molar-refractivity contribution in [3.05, 3.63) is 53.1 Å². The molecule has 0 unspecified atom stereocenters. The first-order valence-corrected chi connectivity index (χ1v) is 7.10. The molecule has 5 heteroatoms. The van der Waals surface area contributed by atoms with Crippen molar-refractivity contribution in [2.45, 2.75) is 16.2 Å². The summed E-state index contributed by atoms with van der Waals surface area (Å²) in [6.07, 6.45) is 0.0360.